The average molecular weight is 234 g/mol. The molecule has 0 bridgehead atoms. The van der Waals surface area contributed by atoms with Crippen LogP contribution in [-0.2, 0) is 9.53 Å². The maximum Gasteiger partial charge on any atom is 0.501 e. The summed E-state index contributed by atoms with van der Waals surface area (Å²) in [7, 11) is 0. The molecule has 0 saturated carbocycles. The predicted molar refractivity (Wildman–Crippen MR) is 41.2 cm³/mol. The van der Waals surface area contributed by atoms with Crippen LogP contribution in [-0.4, -0.2) is 18.3 Å². The fraction of sp³-hybridized carbons (Fsp3) is 0.875. The van der Waals surface area contributed by atoms with Gasteiger partial charge in [0.05, 0.1) is 5.41 Å². The Hall–Kier alpha value is -0.880. The third-order valence-corrected chi connectivity index (χ3v) is 1.99. The zero-order valence-corrected chi connectivity index (χ0v) is 8.41. The highest BCUT2D eigenvalue weighted by atomic mass is 19.4. The Bertz CT molecular complexity index is 244. The summed E-state index contributed by atoms with van der Waals surface area (Å²) in [5.74, 6) is -1.58. The van der Waals surface area contributed by atoms with Crippen LogP contribution in [0.2, 0.25) is 0 Å². The van der Waals surface area contributed by atoms with Crippen molar-refractivity contribution in [2.45, 2.75) is 39.5 Å². The van der Waals surface area contributed by atoms with Gasteiger partial charge in [-0.3, -0.25) is 4.79 Å². The van der Waals surface area contributed by atoms with E-state index in [2.05, 4.69) is 4.74 Å². The van der Waals surface area contributed by atoms with Crippen molar-refractivity contribution in [2.24, 2.45) is 5.41 Å². The Labute approximate surface area is 83.4 Å². The first-order chi connectivity index (χ1) is 6.44. The number of alkyl halides is 5. The molecule has 15 heavy (non-hydrogen) atoms. The van der Waals surface area contributed by atoms with E-state index < -0.39 is 23.7 Å². The van der Waals surface area contributed by atoms with Crippen LogP contribution in [0.3, 0.4) is 0 Å². The Kier molecular flexibility index (Phi) is 3.71. The Morgan fingerprint density at radius 3 is 1.80 bits per heavy atom. The van der Waals surface area contributed by atoms with Crippen LogP contribution in [0.1, 0.15) is 27.2 Å². The zero-order valence-electron chi connectivity index (χ0n) is 8.41. The summed E-state index contributed by atoms with van der Waals surface area (Å²) >= 11 is 0. The number of ether oxygens (including phenoxy) is 1. The topological polar surface area (TPSA) is 26.3 Å². The fourth-order valence-corrected chi connectivity index (χ4v) is 0.457. The van der Waals surface area contributed by atoms with Gasteiger partial charge in [-0.05, 0) is 20.3 Å². The van der Waals surface area contributed by atoms with Gasteiger partial charge >= 0.3 is 18.3 Å². The van der Waals surface area contributed by atoms with Crippen LogP contribution in [0, 0.1) is 5.41 Å². The van der Waals surface area contributed by atoms with Crippen molar-refractivity contribution in [3.05, 3.63) is 0 Å². The molecule has 0 N–H and O–H groups in total. The maximum absolute atomic E-state index is 12.3. The number of carbonyl (C=O) groups is 1. The number of halogens is 5. The first-order valence-electron chi connectivity index (χ1n) is 4.12. The van der Waals surface area contributed by atoms with Crippen molar-refractivity contribution >= 4 is 5.97 Å². The molecule has 0 aromatic heterocycles. The van der Waals surface area contributed by atoms with Gasteiger partial charge in [0, 0.05) is 0 Å². The SMILES string of the molecule is CCC(C)(C)C(=O)OC(F)(F)C(F)(F)F. The lowest BCUT2D eigenvalue weighted by Gasteiger charge is -2.25. The minimum atomic E-state index is -5.88. The lowest BCUT2D eigenvalue weighted by molar-refractivity contribution is -0.378. The molecule has 0 aliphatic heterocycles. The Balaban J connectivity index is 4.70. The van der Waals surface area contributed by atoms with E-state index in [1.807, 2.05) is 0 Å². The van der Waals surface area contributed by atoms with E-state index in [4.69, 9.17) is 0 Å². The van der Waals surface area contributed by atoms with Crippen molar-refractivity contribution in [3.63, 3.8) is 0 Å². The van der Waals surface area contributed by atoms with E-state index in [9.17, 15) is 26.7 Å². The summed E-state index contributed by atoms with van der Waals surface area (Å²) in [5.41, 5.74) is -1.37. The van der Waals surface area contributed by atoms with E-state index >= 15 is 0 Å². The zero-order chi connectivity index (χ0) is 12.5. The third kappa shape index (κ3) is 3.32. The van der Waals surface area contributed by atoms with Crippen LogP contribution < -0.4 is 0 Å². The molecule has 0 aromatic carbocycles. The van der Waals surface area contributed by atoms with Crippen LogP contribution in [0.5, 0.6) is 0 Å². The molecule has 0 spiro atoms. The molecule has 0 fully saturated rings. The second kappa shape index (κ2) is 3.94. The largest absolute Gasteiger partial charge is 0.501 e. The van der Waals surface area contributed by atoms with Gasteiger partial charge < -0.3 is 4.74 Å². The molecule has 0 aliphatic rings. The minimum Gasteiger partial charge on any atom is -0.393 e. The van der Waals surface area contributed by atoms with E-state index in [1.165, 1.54) is 20.8 Å². The fourth-order valence-electron chi connectivity index (χ4n) is 0.457. The van der Waals surface area contributed by atoms with Gasteiger partial charge in [-0.25, -0.2) is 0 Å². The van der Waals surface area contributed by atoms with Crippen LogP contribution >= 0.6 is 0 Å². The number of hydrogen-bond acceptors (Lipinski definition) is 2. The summed E-state index contributed by atoms with van der Waals surface area (Å²) < 4.78 is 62.7. The number of carbonyl (C=O) groups excluding carboxylic acids is 1. The molecule has 0 saturated heterocycles. The second-order valence-electron chi connectivity index (χ2n) is 3.64. The highest BCUT2D eigenvalue weighted by Crippen LogP contribution is 2.38. The van der Waals surface area contributed by atoms with E-state index in [1.54, 1.807) is 0 Å². The lowest BCUT2D eigenvalue weighted by Crippen LogP contribution is -2.43. The molecule has 0 heterocycles. The molecule has 7 heteroatoms. The smallest absolute Gasteiger partial charge is 0.393 e. The lowest BCUT2D eigenvalue weighted by atomic mass is 9.91. The molecule has 0 aromatic rings. The van der Waals surface area contributed by atoms with Gasteiger partial charge in [0.2, 0.25) is 0 Å². The van der Waals surface area contributed by atoms with Crippen LogP contribution in [0.25, 0.3) is 0 Å². The van der Waals surface area contributed by atoms with Crippen molar-refractivity contribution in [1.82, 2.24) is 0 Å². The molecular weight excluding hydrogens is 223 g/mol. The molecule has 0 radical (unpaired) electrons. The first-order valence-corrected chi connectivity index (χ1v) is 4.12. The minimum absolute atomic E-state index is 0.0970. The normalized spacial score (nSPS) is 13.9. The molecule has 0 aliphatic carbocycles. The van der Waals surface area contributed by atoms with E-state index in [-0.39, 0.29) is 6.42 Å². The number of hydrogen-bond donors (Lipinski definition) is 0. The Morgan fingerprint density at radius 1 is 1.13 bits per heavy atom. The van der Waals surface area contributed by atoms with Crippen molar-refractivity contribution in [3.8, 4) is 0 Å². The predicted octanol–water partition coefficient (Wildman–Crippen LogP) is 3.12. The van der Waals surface area contributed by atoms with E-state index in [0.717, 1.165) is 0 Å². The van der Waals surface area contributed by atoms with Gasteiger partial charge in [-0.2, -0.15) is 22.0 Å². The third-order valence-electron chi connectivity index (χ3n) is 1.99. The number of esters is 1. The Morgan fingerprint density at radius 2 is 1.53 bits per heavy atom. The van der Waals surface area contributed by atoms with Gasteiger partial charge in [0.1, 0.15) is 0 Å². The average Bonchev–Trinajstić information content (AvgIpc) is 2.01. The van der Waals surface area contributed by atoms with Crippen molar-refractivity contribution in [1.29, 1.82) is 0 Å². The summed E-state index contributed by atoms with van der Waals surface area (Å²) in [6, 6.07) is 0. The van der Waals surface area contributed by atoms with Gasteiger partial charge in [-0.15, -0.1) is 0 Å². The summed E-state index contributed by atoms with van der Waals surface area (Å²) in [6.45, 7) is 3.93. The van der Waals surface area contributed by atoms with Gasteiger partial charge in [-0.1, -0.05) is 6.92 Å². The monoisotopic (exact) mass is 234 g/mol. The second-order valence-corrected chi connectivity index (χ2v) is 3.64. The van der Waals surface area contributed by atoms with E-state index in [0.29, 0.717) is 0 Å². The van der Waals surface area contributed by atoms with Crippen molar-refractivity contribution < 1.29 is 31.5 Å². The molecular formula is C8H11F5O2. The quantitative estimate of drug-likeness (QED) is 0.554. The van der Waals surface area contributed by atoms with Crippen molar-refractivity contribution in [2.75, 3.05) is 0 Å². The molecule has 0 atom stereocenters. The molecule has 0 unspecified atom stereocenters. The van der Waals surface area contributed by atoms with Gasteiger partial charge in [0.25, 0.3) is 0 Å². The summed E-state index contributed by atoms with van der Waals surface area (Å²) in [4.78, 5) is 11.0. The first kappa shape index (κ1) is 14.1. The number of rotatable bonds is 3. The van der Waals surface area contributed by atoms with Gasteiger partial charge in [0.15, 0.2) is 0 Å². The molecule has 0 rings (SSSR count). The van der Waals surface area contributed by atoms with Crippen LogP contribution in [0.15, 0.2) is 0 Å². The summed E-state index contributed by atoms with van der Waals surface area (Å²) in [6.07, 6.45) is -11.2. The highest BCUT2D eigenvalue weighted by molar-refractivity contribution is 5.76. The maximum atomic E-state index is 12.3. The summed E-state index contributed by atoms with van der Waals surface area (Å²) in [5, 5.41) is 0. The molecule has 2 nitrogen and oxygen atoms in total. The van der Waals surface area contributed by atoms with Crippen LogP contribution in [0.4, 0.5) is 22.0 Å². The highest BCUT2D eigenvalue weighted by Gasteiger charge is 2.62. The standard InChI is InChI=1S/C8H11F5O2/c1-4-6(2,3)5(14)15-8(12,13)7(9,10)11/h4H2,1-3H3. The molecule has 90 valence electrons. The molecule has 0 amide bonds.